The maximum absolute atomic E-state index is 11.5. The summed E-state index contributed by atoms with van der Waals surface area (Å²) in [6.45, 7) is 0.653. The first-order valence-corrected chi connectivity index (χ1v) is 5.83. The number of carbonyl (C=O) groups is 2. The maximum atomic E-state index is 11.5. The summed E-state index contributed by atoms with van der Waals surface area (Å²) in [5.74, 6) is 0.0793. The summed E-state index contributed by atoms with van der Waals surface area (Å²) in [6.07, 6.45) is 0. The fraction of sp³-hybridized carbons (Fsp3) is 0.333. The number of fused-ring (bicyclic) bond motifs is 1. The molecule has 0 fully saturated rings. The van der Waals surface area contributed by atoms with Crippen LogP contribution in [0, 0.1) is 0 Å². The van der Waals surface area contributed by atoms with Gasteiger partial charge in [-0.25, -0.2) is 0 Å². The highest BCUT2D eigenvalue weighted by atomic mass is 16.5. The largest absolute Gasteiger partial charge is 0.482 e. The Kier molecular flexibility index (Phi) is 4.32. The highest BCUT2D eigenvalue weighted by Crippen LogP contribution is 2.30. The minimum absolute atomic E-state index is 0.00559. The quantitative estimate of drug-likeness (QED) is 0.647. The van der Waals surface area contributed by atoms with Crippen molar-refractivity contribution < 1.29 is 19.1 Å². The summed E-state index contributed by atoms with van der Waals surface area (Å²) < 4.78 is 10.2. The predicted octanol–water partition coefficient (Wildman–Crippen LogP) is -0.0687. The number of benzene rings is 1. The molecule has 7 heteroatoms. The fourth-order valence-corrected chi connectivity index (χ4v) is 1.61. The van der Waals surface area contributed by atoms with Crippen molar-refractivity contribution >= 4 is 23.2 Å². The van der Waals surface area contributed by atoms with E-state index in [9.17, 15) is 9.59 Å². The minimum Gasteiger partial charge on any atom is -0.482 e. The Hall–Kier alpha value is -2.12. The summed E-state index contributed by atoms with van der Waals surface area (Å²) in [5.41, 5.74) is 6.35. The SMILES string of the molecule is NCCOCC(=O)Nc1ccc2c(c1)NC(=O)CO2. The van der Waals surface area contributed by atoms with Crippen molar-refractivity contribution in [1.82, 2.24) is 0 Å². The zero-order valence-electron chi connectivity index (χ0n) is 10.3. The number of amides is 2. The van der Waals surface area contributed by atoms with E-state index in [1.807, 2.05) is 0 Å². The van der Waals surface area contributed by atoms with E-state index in [1.165, 1.54) is 0 Å². The Morgan fingerprint density at radius 1 is 1.53 bits per heavy atom. The van der Waals surface area contributed by atoms with Gasteiger partial charge in [0.2, 0.25) is 5.91 Å². The van der Waals surface area contributed by atoms with Gasteiger partial charge in [0.1, 0.15) is 12.4 Å². The van der Waals surface area contributed by atoms with Crippen LogP contribution in [-0.2, 0) is 14.3 Å². The van der Waals surface area contributed by atoms with Crippen molar-refractivity contribution in [3.63, 3.8) is 0 Å². The van der Waals surface area contributed by atoms with Gasteiger partial charge in [0.15, 0.2) is 6.61 Å². The van der Waals surface area contributed by atoms with Crippen LogP contribution in [0.25, 0.3) is 0 Å². The second kappa shape index (κ2) is 6.17. The highest BCUT2D eigenvalue weighted by Gasteiger charge is 2.16. The molecular weight excluding hydrogens is 250 g/mol. The van der Waals surface area contributed by atoms with E-state index in [4.69, 9.17) is 15.2 Å². The second-order valence-electron chi connectivity index (χ2n) is 3.94. The van der Waals surface area contributed by atoms with E-state index in [2.05, 4.69) is 10.6 Å². The van der Waals surface area contributed by atoms with Gasteiger partial charge < -0.3 is 25.8 Å². The van der Waals surface area contributed by atoms with Crippen molar-refractivity contribution in [2.45, 2.75) is 0 Å². The van der Waals surface area contributed by atoms with E-state index < -0.39 is 0 Å². The molecule has 0 atom stereocenters. The van der Waals surface area contributed by atoms with Gasteiger partial charge in [-0.1, -0.05) is 0 Å². The smallest absolute Gasteiger partial charge is 0.262 e. The second-order valence-corrected chi connectivity index (χ2v) is 3.94. The molecule has 0 unspecified atom stereocenters. The Morgan fingerprint density at radius 3 is 3.16 bits per heavy atom. The van der Waals surface area contributed by atoms with Crippen molar-refractivity contribution in [3.8, 4) is 5.75 Å². The van der Waals surface area contributed by atoms with E-state index in [-0.39, 0.29) is 25.0 Å². The van der Waals surface area contributed by atoms with Crippen LogP contribution in [0.4, 0.5) is 11.4 Å². The van der Waals surface area contributed by atoms with E-state index in [1.54, 1.807) is 18.2 Å². The number of hydrogen-bond acceptors (Lipinski definition) is 5. The van der Waals surface area contributed by atoms with Gasteiger partial charge in [-0.15, -0.1) is 0 Å². The number of carbonyl (C=O) groups excluding carboxylic acids is 2. The fourth-order valence-electron chi connectivity index (χ4n) is 1.61. The van der Waals surface area contributed by atoms with Crippen LogP contribution in [0.2, 0.25) is 0 Å². The lowest BCUT2D eigenvalue weighted by Crippen LogP contribution is -2.25. The van der Waals surface area contributed by atoms with Crippen LogP contribution >= 0.6 is 0 Å². The molecule has 0 aromatic heterocycles. The predicted molar refractivity (Wildman–Crippen MR) is 69.1 cm³/mol. The molecule has 102 valence electrons. The van der Waals surface area contributed by atoms with E-state index in [0.29, 0.717) is 30.3 Å². The van der Waals surface area contributed by atoms with Crippen LogP contribution in [-0.4, -0.2) is 38.2 Å². The number of hydrogen-bond donors (Lipinski definition) is 3. The Balaban J connectivity index is 1.96. The number of nitrogens with two attached hydrogens (primary N) is 1. The first-order chi connectivity index (χ1) is 9.19. The van der Waals surface area contributed by atoms with Crippen LogP contribution in [0.15, 0.2) is 18.2 Å². The number of ether oxygens (including phenoxy) is 2. The van der Waals surface area contributed by atoms with Crippen LogP contribution < -0.4 is 21.1 Å². The molecular formula is C12H15N3O4. The summed E-state index contributed by atoms with van der Waals surface area (Å²) in [4.78, 5) is 22.7. The summed E-state index contributed by atoms with van der Waals surface area (Å²) in [6, 6.07) is 5.01. The van der Waals surface area contributed by atoms with Gasteiger partial charge in [-0.3, -0.25) is 9.59 Å². The van der Waals surface area contributed by atoms with Gasteiger partial charge >= 0.3 is 0 Å². The first kappa shape index (κ1) is 13.3. The first-order valence-electron chi connectivity index (χ1n) is 5.83. The van der Waals surface area contributed by atoms with Crippen LogP contribution in [0.3, 0.4) is 0 Å². The third-order valence-electron chi connectivity index (χ3n) is 2.39. The van der Waals surface area contributed by atoms with E-state index >= 15 is 0 Å². The van der Waals surface area contributed by atoms with Crippen LogP contribution in [0.1, 0.15) is 0 Å². The molecule has 1 aromatic rings. The average molecular weight is 265 g/mol. The Morgan fingerprint density at radius 2 is 2.37 bits per heavy atom. The zero-order valence-corrected chi connectivity index (χ0v) is 10.3. The monoisotopic (exact) mass is 265 g/mol. The molecule has 0 bridgehead atoms. The molecule has 1 aliphatic rings. The summed E-state index contributed by atoms with van der Waals surface area (Å²) in [7, 11) is 0. The van der Waals surface area contributed by atoms with Gasteiger partial charge in [0, 0.05) is 12.2 Å². The van der Waals surface area contributed by atoms with Crippen molar-refractivity contribution in [3.05, 3.63) is 18.2 Å². The molecule has 2 amide bonds. The molecule has 1 aliphatic heterocycles. The summed E-state index contributed by atoms with van der Waals surface area (Å²) in [5, 5.41) is 5.32. The molecule has 4 N–H and O–H groups in total. The molecule has 0 saturated carbocycles. The third-order valence-corrected chi connectivity index (χ3v) is 2.39. The molecule has 19 heavy (non-hydrogen) atoms. The third kappa shape index (κ3) is 3.67. The molecule has 0 spiro atoms. The van der Waals surface area contributed by atoms with Gasteiger partial charge in [0.25, 0.3) is 5.91 Å². The molecule has 0 radical (unpaired) electrons. The molecule has 1 heterocycles. The minimum atomic E-state index is -0.281. The molecule has 7 nitrogen and oxygen atoms in total. The van der Waals surface area contributed by atoms with Crippen LogP contribution in [0.5, 0.6) is 5.75 Å². The number of nitrogens with one attached hydrogen (secondary N) is 2. The molecule has 0 saturated heterocycles. The normalized spacial score (nSPS) is 13.2. The van der Waals surface area contributed by atoms with Gasteiger partial charge in [0.05, 0.1) is 12.3 Å². The zero-order chi connectivity index (χ0) is 13.7. The lowest BCUT2D eigenvalue weighted by Gasteiger charge is -2.18. The summed E-state index contributed by atoms with van der Waals surface area (Å²) >= 11 is 0. The average Bonchev–Trinajstić information content (AvgIpc) is 2.38. The maximum Gasteiger partial charge on any atom is 0.262 e. The topological polar surface area (TPSA) is 103 Å². The van der Waals surface area contributed by atoms with Gasteiger partial charge in [-0.2, -0.15) is 0 Å². The van der Waals surface area contributed by atoms with E-state index in [0.717, 1.165) is 0 Å². The van der Waals surface area contributed by atoms with Gasteiger partial charge in [-0.05, 0) is 18.2 Å². The Bertz CT molecular complexity index is 490. The van der Waals surface area contributed by atoms with Crippen molar-refractivity contribution in [2.75, 3.05) is 37.0 Å². The van der Waals surface area contributed by atoms with Crippen molar-refractivity contribution in [2.24, 2.45) is 5.73 Å². The molecule has 2 rings (SSSR count). The lowest BCUT2D eigenvalue weighted by molar-refractivity contribution is -0.120. The Labute approximate surface area is 110 Å². The van der Waals surface area contributed by atoms with Crippen molar-refractivity contribution in [1.29, 1.82) is 0 Å². The molecule has 1 aromatic carbocycles. The standard InChI is InChI=1S/C12H15N3O4/c13-3-4-18-6-11(16)14-8-1-2-10-9(5-8)15-12(17)7-19-10/h1-2,5H,3-4,6-7,13H2,(H,14,16)(H,15,17). The lowest BCUT2D eigenvalue weighted by atomic mass is 10.2. The highest BCUT2D eigenvalue weighted by molar-refractivity contribution is 5.97. The number of anilines is 2. The molecule has 0 aliphatic carbocycles. The number of rotatable bonds is 5.